The van der Waals surface area contributed by atoms with Gasteiger partial charge in [-0.15, -0.1) is 12.4 Å². The van der Waals surface area contributed by atoms with Gasteiger partial charge in [-0.1, -0.05) is 6.42 Å². The number of carbonyl (C=O) groups is 1. The van der Waals surface area contributed by atoms with Gasteiger partial charge in [-0.2, -0.15) is 0 Å². The number of phenols is 2. The highest BCUT2D eigenvalue weighted by atomic mass is 35.5. The fourth-order valence-electron chi connectivity index (χ4n) is 2.15. The van der Waals surface area contributed by atoms with Gasteiger partial charge in [0.15, 0.2) is 5.78 Å². The Balaban J connectivity index is 0.00000162. The van der Waals surface area contributed by atoms with Gasteiger partial charge in [-0.3, -0.25) is 9.69 Å². The standard InChI is InChI=1S/C13H17NO3.ClH/c15-10-4-5-12(16)11(8-10)13(17)9-14-6-2-1-3-7-14;/h4-5,8,15-16H,1-3,6-7,9H2;1H. The van der Waals surface area contributed by atoms with E-state index in [9.17, 15) is 15.0 Å². The maximum atomic E-state index is 12.0. The smallest absolute Gasteiger partial charge is 0.180 e. The number of benzene rings is 1. The molecular formula is C13H18ClNO3. The molecule has 1 saturated heterocycles. The highest BCUT2D eigenvalue weighted by Crippen LogP contribution is 2.23. The Hall–Kier alpha value is -1.26. The fraction of sp³-hybridized carbons (Fsp3) is 0.462. The van der Waals surface area contributed by atoms with Crippen LogP contribution in [0.2, 0.25) is 0 Å². The summed E-state index contributed by atoms with van der Waals surface area (Å²) < 4.78 is 0. The van der Waals surface area contributed by atoms with Crippen LogP contribution in [0, 0.1) is 0 Å². The summed E-state index contributed by atoms with van der Waals surface area (Å²) in [5.74, 6) is -0.199. The van der Waals surface area contributed by atoms with Gasteiger partial charge in [0.1, 0.15) is 11.5 Å². The number of carbonyl (C=O) groups excluding carboxylic acids is 1. The van der Waals surface area contributed by atoms with Crippen molar-refractivity contribution in [2.45, 2.75) is 19.3 Å². The third-order valence-electron chi connectivity index (χ3n) is 3.10. The molecule has 0 bridgehead atoms. The number of likely N-dealkylation sites (tertiary alicyclic amines) is 1. The minimum atomic E-state index is -0.139. The Morgan fingerprint density at radius 3 is 2.50 bits per heavy atom. The van der Waals surface area contributed by atoms with E-state index in [1.807, 2.05) is 0 Å². The largest absolute Gasteiger partial charge is 0.508 e. The van der Waals surface area contributed by atoms with E-state index in [1.54, 1.807) is 0 Å². The van der Waals surface area contributed by atoms with Crippen LogP contribution in [-0.2, 0) is 0 Å². The summed E-state index contributed by atoms with van der Waals surface area (Å²) in [5.41, 5.74) is 0.204. The van der Waals surface area contributed by atoms with Crippen LogP contribution in [0.4, 0.5) is 0 Å². The van der Waals surface area contributed by atoms with Crippen molar-refractivity contribution in [3.05, 3.63) is 23.8 Å². The first-order chi connectivity index (χ1) is 8.16. The number of hydrogen-bond acceptors (Lipinski definition) is 4. The summed E-state index contributed by atoms with van der Waals surface area (Å²) in [6.45, 7) is 2.19. The van der Waals surface area contributed by atoms with Crippen molar-refractivity contribution in [2.24, 2.45) is 0 Å². The molecule has 2 N–H and O–H groups in total. The molecule has 0 unspecified atom stereocenters. The molecule has 0 aliphatic carbocycles. The van der Waals surface area contributed by atoms with Gasteiger partial charge < -0.3 is 10.2 Å². The summed E-state index contributed by atoms with van der Waals surface area (Å²) in [6.07, 6.45) is 3.47. The van der Waals surface area contributed by atoms with Gasteiger partial charge >= 0.3 is 0 Å². The Bertz CT molecular complexity index is 417. The minimum Gasteiger partial charge on any atom is -0.508 e. The van der Waals surface area contributed by atoms with Gasteiger partial charge in [0.05, 0.1) is 12.1 Å². The molecule has 0 amide bonds. The zero-order valence-corrected chi connectivity index (χ0v) is 10.9. The van der Waals surface area contributed by atoms with Crippen molar-refractivity contribution in [2.75, 3.05) is 19.6 Å². The second kappa shape index (κ2) is 6.61. The summed E-state index contributed by atoms with van der Waals surface area (Å²) in [4.78, 5) is 14.1. The molecule has 1 fully saturated rings. The van der Waals surface area contributed by atoms with Crippen molar-refractivity contribution >= 4 is 18.2 Å². The molecule has 1 aliphatic heterocycles. The average molecular weight is 272 g/mol. The fourth-order valence-corrected chi connectivity index (χ4v) is 2.15. The molecule has 0 saturated carbocycles. The molecular weight excluding hydrogens is 254 g/mol. The second-order valence-electron chi connectivity index (χ2n) is 4.46. The van der Waals surface area contributed by atoms with Crippen LogP contribution in [0.5, 0.6) is 11.5 Å². The number of halogens is 1. The molecule has 0 spiro atoms. The number of phenolic OH excluding ortho intramolecular Hbond substituents is 2. The summed E-state index contributed by atoms with van der Waals surface area (Å²) in [5, 5.41) is 18.9. The molecule has 1 aromatic rings. The highest BCUT2D eigenvalue weighted by Gasteiger charge is 2.17. The predicted octanol–water partition coefficient (Wildman–Crippen LogP) is 2.19. The van der Waals surface area contributed by atoms with Gasteiger partial charge in [0, 0.05) is 0 Å². The molecule has 2 rings (SSSR count). The van der Waals surface area contributed by atoms with Crippen molar-refractivity contribution in [1.29, 1.82) is 0 Å². The Kier molecular flexibility index (Phi) is 5.44. The SMILES string of the molecule is Cl.O=C(CN1CCCCC1)c1cc(O)ccc1O. The van der Waals surface area contributed by atoms with Crippen LogP contribution in [0.25, 0.3) is 0 Å². The van der Waals surface area contributed by atoms with Crippen molar-refractivity contribution in [3.63, 3.8) is 0 Å². The van der Waals surface area contributed by atoms with E-state index in [-0.39, 0.29) is 35.3 Å². The first-order valence-corrected chi connectivity index (χ1v) is 5.94. The normalized spacial score (nSPS) is 16.0. The lowest BCUT2D eigenvalue weighted by molar-refractivity contribution is 0.0912. The van der Waals surface area contributed by atoms with Crippen LogP contribution in [0.15, 0.2) is 18.2 Å². The summed E-state index contributed by atoms with van der Waals surface area (Å²) >= 11 is 0. The number of aromatic hydroxyl groups is 2. The third-order valence-corrected chi connectivity index (χ3v) is 3.10. The summed E-state index contributed by atoms with van der Waals surface area (Å²) in [6, 6.07) is 4.04. The third kappa shape index (κ3) is 3.62. The average Bonchev–Trinajstić information content (AvgIpc) is 2.33. The van der Waals surface area contributed by atoms with E-state index >= 15 is 0 Å². The molecule has 5 heteroatoms. The number of nitrogens with zero attached hydrogens (tertiary/aromatic N) is 1. The number of Topliss-reactive ketones (excluding diaryl/α,β-unsaturated/α-hetero) is 1. The lowest BCUT2D eigenvalue weighted by Gasteiger charge is -2.25. The molecule has 100 valence electrons. The molecule has 0 radical (unpaired) electrons. The van der Waals surface area contributed by atoms with E-state index in [0.29, 0.717) is 6.54 Å². The molecule has 1 aliphatic rings. The number of piperidine rings is 1. The number of hydrogen-bond donors (Lipinski definition) is 2. The lowest BCUT2D eigenvalue weighted by Crippen LogP contribution is -2.34. The minimum absolute atomic E-state index is 0. The van der Waals surface area contributed by atoms with Crippen LogP contribution in [0.1, 0.15) is 29.6 Å². The monoisotopic (exact) mass is 271 g/mol. The molecule has 0 atom stereocenters. The van der Waals surface area contributed by atoms with Crippen LogP contribution >= 0.6 is 12.4 Å². The van der Waals surface area contributed by atoms with Crippen LogP contribution in [0.3, 0.4) is 0 Å². The Labute approximate surface area is 113 Å². The number of rotatable bonds is 3. The van der Waals surface area contributed by atoms with Gasteiger partial charge in [0.2, 0.25) is 0 Å². The zero-order valence-electron chi connectivity index (χ0n) is 10.1. The first-order valence-electron chi connectivity index (χ1n) is 5.94. The van der Waals surface area contributed by atoms with Gasteiger partial charge in [-0.05, 0) is 44.1 Å². The molecule has 1 heterocycles. The van der Waals surface area contributed by atoms with Crippen molar-refractivity contribution < 1.29 is 15.0 Å². The zero-order chi connectivity index (χ0) is 12.3. The quantitative estimate of drug-likeness (QED) is 0.653. The van der Waals surface area contributed by atoms with E-state index in [1.165, 1.54) is 24.6 Å². The molecule has 1 aromatic carbocycles. The van der Waals surface area contributed by atoms with Crippen molar-refractivity contribution in [3.8, 4) is 11.5 Å². The topological polar surface area (TPSA) is 60.8 Å². The van der Waals surface area contributed by atoms with Crippen LogP contribution in [-0.4, -0.2) is 40.5 Å². The van der Waals surface area contributed by atoms with Crippen LogP contribution < -0.4 is 0 Å². The second-order valence-corrected chi connectivity index (χ2v) is 4.46. The van der Waals surface area contributed by atoms with Gasteiger partial charge in [0.25, 0.3) is 0 Å². The van der Waals surface area contributed by atoms with E-state index in [2.05, 4.69) is 4.90 Å². The first kappa shape index (κ1) is 14.8. The summed E-state index contributed by atoms with van der Waals surface area (Å²) in [7, 11) is 0. The molecule has 0 aromatic heterocycles. The maximum Gasteiger partial charge on any atom is 0.180 e. The molecule has 4 nitrogen and oxygen atoms in total. The van der Waals surface area contributed by atoms with E-state index in [4.69, 9.17) is 0 Å². The maximum absolute atomic E-state index is 12.0. The van der Waals surface area contributed by atoms with Crippen molar-refractivity contribution in [1.82, 2.24) is 4.90 Å². The Morgan fingerprint density at radius 1 is 1.17 bits per heavy atom. The highest BCUT2D eigenvalue weighted by molar-refractivity contribution is 6.00. The number of ketones is 1. The van der Waals surface area contributed by atoms with E-state index < -0.39 is 0 Å². The lowest BCUT2D eigenvalue weighted by atomic mass is 10.1. The van der Waals surface area contributed by atoms with Gasteiger partial charge in [-0.25, -0.2) is 0 Å². The molecule has 18 heavy (non-hydrogen) atoms. The Morgan fingerprint density at radius 2 is 1.83 bits per heavy atom. The predicted molar refractivity (Wildman–Crippen MR) is 71.6 cm³/mol. The van der Waals surface area contributed by atoms with E-state index in [0.717, 1.165) is 25.9 Å².